The first kappa shape index (κ1) is 11.3. The summed E-state index contributed by atoms with van der Waals surface area (Å²) in [4.78, 5) is 25.2. The van der Waals surface area contributed by atoms with E-state index in [4.69, 9.17) is 4.74 Å². The van der Waals surface area contributed by atoms with E-state index in [1.54, 1.807) is 7.05 Å². The van der Waals surface area contributed by atoms with Crippen LogP contribution in [-0.2, 0) is 14.3 Å². The lowest BCUT2D eigenvalue weighted by Gasteiger charge is -2.37. The molecule has 2 aliphatic heterocycles. The van der Waals surface area contributed by atoms with Crippen LogP contribution in [0.25, 0.3) is 0 Å². The van der Waals surface area contributed by atoms with Crippen LogP contribution < -0.4 is 10.6 Å². The van der Waals surface area contributed by atoms with E-state index in [0.29, 0.717) is 26.1 Å². The molecule has 2 rings (SSSR count). The summed E-state index contributed by atoms with van der Waals surface area (Å²) < 4.78 is 4.95. The van der Waals surface area contributed by atoms with Crippen molar-refractivity contribution in [1.82, 2.24) is 15.5 Å². The first-order valence-corrected chi connectivity index (χ1v) is 5.58. The molecule has 2 aliphatic rings. The van der Waals surface area contributed by atoms with E-state index < -0.39 is 0 Å². The molecule has 2 heterocycles. The number of rotatable bonds is 2. The molecular weight excluding hydrogens is 210 g/mol. The zero-order valence-corrected chi connectivity index (χ0v) is 9.36. The van der Waals surface area contributed by atoms with Crippen molar-refractivity contribution in [2.45, 2.75) is 18.5 Å². The number of piperazine rings is 1. The minimum atomic E-state index is -0.269. The van der Waals surface area contributed by atoms with Gasteiger partial charge in [0.2, 0.25) is 5.91 Å². The Morgan fingerprint density at radius 3 is 3.06 bits per heavy atom. The number of likely N-dealkylation sites (N-methyl/N-ethyl adjacent to an activating group) is 1. The smallest absolute Gasteiger partial charge is 0.323 e. The average Bonchev–Trinajstić information content (AvgIpc) is 2.74. The summed E-state index contributed by atoms with van der Waals surface area (Å²) in [7, 11) is 1.61. The zero-order chi connectivity index (χ0) is 11.5. The summed E-state index contributed by atoms with van der Waals surface area (Å²) in [6, 6.07) is -0.515. The van der Waals surface area contributed by atoms with Crippen LogP contribution in [0.2, 0.25) is 0 Å². The van der Waals surface area contributed by atoms with Crippen molar-refractivity contribution in [2.75, 3.05) is 33.3 Å². The number of hydrogen-bond donors (Lipinski definition) is 2. The Morgan fingerprint density at radius 2 is 2.44 bits per heavy atom. The maximum atomic E-state index is 11.7. The predicted octanol–water partition coefficient (Wildman–Crippen LogP) is -1.68. The molecule has 0 radical (unpaired) electrons. The van der Waals surface area contributed by atoms with Crippen LogP contribution in [0, 0.1) is 0 Å². The van der Waals surface area contributed by atoms with E-state index in [-0.39, 0.29) is 24.0 Å². The van der Waals surface area contributed by atoms with Crippen molar-refractivity contribution in [1.29, 1.82) is 0 Å². The quantitative estimate of drug-likeness (QED) is 0.552. The Bertz CT molecular complexity index is 295. The van der Waals surface area contributed by atoms with E-state index in [1.165, 1.54) is 0 Å². The molecule has 0 spiro atoms. The van der Waals surface area contributed by atoms with E-state index in [2.05, 4.69) is 10.6 Å². The van der Waals surface area contributed by atoms with Crippen LogP contribution in [-0.4, -0.2) is 62.1 Å². The molecule has 2 unspecified atom stereocenters. The Kier molecular flexibility index (Phi) is 3.40. The van der Waals surface area contributed by atoms with Crippen molar-refractivity contribution in [3.63, 3.8) is 0 Å². The van der Waals surface area contributed by atoms with Gasteiger partial charge < -0.3 is 15.4 Å². The first-order chi connectivity index (χ1) is 7.74. The third-order valence-corrected chi connectivity index (χ3v) is 3.14. The Balaban J connectivity index is 2.09. The standard InChI is InChI=1S/C10H17N3O3/c1-11-9(14)8-6-12-3-4-13(8)7-2-5-16-10(7)15/h7-8,12H,2-6H2,1H3,(H,11,14). The number of esters is 1. The normalized spacial score (nSPS) is 31.2. The highest BCUT2D eigenvalue weighted by atomic mass is 16.5. The van der Waals surface area contributed by atoms with Gasteiger partial charge in [-0.05, 0) is 0 Å². The fraction of sp³-hybridized carbons (Fsp3) is 0.800. The lowest BCUT2D eigenvalue weighted by atomic mass is 10.1. The van der Waals surface area contributed by atoms with Gasteiger partial charge in [-0.2, -0.15) is 0 Å². The Morgan fingerprint density at radius 1 is 1.62 bits per heavy atom. The SMILES string of the molecule is CNC(=O)C1CNCCN1C1CCOC1=O. The predicted molar refractivity (Wildman–Crippen MR) is 56.8 cm³/mol. The Hall–Kier alpha value is -1.14. The van der Waals surface area contributed by atoms with Crippen LogP contribution in [0.4, 0.5) is 0 Å². The maximum absolute atomic E-state index is 11.7. The summed E-state index contributed by atoms with van der Waals surface area (Å²) in [5.74, 6) is -0.247. The molecule has 0 aromatic carbocycles. The van der Waals surface area contributed by atoms with E-state index >= 15 is 0 Å². The van der Waals surface area contributed by atoms with Crippen LogP contribution in [0.5, 0.6) is 0 Å². The van der Waals surface area contributed by atoms with E-state index in [9.17, 15) is 9.59 Å². The number of cyclic esters (lactones) is 1. The summed E-state index contributed by atoms with van der Waals surface area (Å²) in [6.07, 6.45) is 0.687. The Labute approximate surface area is 94.3 Å². The molecule has 0 aliphatic carbocycles. The highest BCUT2D eigenvalue weighted by molar-refractivity contribution is 5.84. The molecule has 0 bridgehead atoms. The van der Waals surface area contributed by atoms with Gasteiger partial charge in [-0.3, -0.25) is 14.5 Å². The summed E-state index contributed by atoms with van der Waals surface area (Å²) in [5, 5.41) is 5.79. The van der Waals surface area contributed by atoms with Gasteiger partial charge in [0, 0.05) is 33.1 Å². The van der Waals surface area contributed by atoms with Gasteiger partial charge in [0.1, 0.15) is 12.1 Å². The number of nitrogens with zero attached hydrogens (tertiary/aromatic N) is 1. The molecule has 2 atom stereocenters. The van der Waals surface area contributed by atoms with E-state index in [1.807, 2.05) is 4.90 Å². The molecule has 0 aromatic heterocycles. The second kappa shape index (κ2) is 4.80. The zero-order valence-electron chi connectivity index (χ0n) is 9.36. The van der Waals surface area contributed by atoms with Crippen molar-refractivity contribution in [3.05, 3.63) is 0 Å². The molecule has 0 aromatic rings. The van der Waals surface area contributed by atoms with Crippen LogP contribution in [0.15, 0.2) is 0 Å². The molecule has 6 nitrogen and oxygen atoms in total. The number of carbonyl (C=O) groups is 2. The lowest BCUT2D eigenvalue weighted by Crippen LogP contribution is -2.61. The van der Waals surface area contributed by atoms with Gasteiger partial charge in [-0.1, -0.05) is 0 Å². The molecule has 0 saturated carbocycles. The van der Waals surface area contributed by atoms with Gasteiger partial charge in [-0.25, -0.2) is 0 Å². The van der Waals surface area contributed by atoms with Gasteiger partial charge in [-0.15, -0.1) is 0 Å². The fourth-order valence-corrected chi connectivity index (χ4v) is 2.29. The maximum Gasteiger partial charge on any atom is 0.323 e. The minimum Gasteiger partial charge on any atom is -0.464 e. The molecule has 2 fully saturated rings. The monoisotopic (exact) mass is 227 g/mol. The van der Waals surface area contributed by atoms with Crippen LogP contribution >= 0.6 is 0 Å². The van der Waals surface area contributed by atoms with Crippen molar-refractivity contribution < 1.29 is 14.3 Å². The van der Waals surface area contributed by atoms with Crippen molar-refractivity contribution >= 4 is 11.9 Å². The van der Waals surface area contributed by atoms with Crippen LogP contribution in [0.3, 0.4) is 0 Å². The minimum absolute atomic E-state index is 0.0492. The van der Waals surface area contributed by atoms with Gasteiger partial charge >= 0.3 is 5.97 Å². The second-order valence-corrected chi connectivity index (χ2v) is 4.04. The van der Waals surface area contributed by atoms with Gasteiger partial charge in [0.25, 0.3) is 0 Å². The highest BCUT2D eigenvalue weighted by Crippen LogP contribution is 2.18. The van der Waals surface area contributed by atoms with Gasteiger partial charge in [0.05, 0.1) is 6.61 Å². The molecule has 6 heteroatoms. The second-order valence-electron chi connectivity index (χ2n) is 4.04. The number of carbonyl (C=O) groups excluding carboxylic acids is 2. The third-order valence-electron chi connectivity index (χ3n) is 3.14. The van der Waals surface area contributed by atoms with E-state index in [0.717, 1.165) is 6.54 Å². The summed E-state index contributed by atoms with van der Waals surface area (Å²) in [5.41, 5.74) is 0. The summed E-state index contributed by atoms with van der Waals surface area (Å²) >= 11 is 0. The highest BCUT2D eigenvalue weighted by Gasteiger charge is 2.39. The molecule has 2 saturated heterocycles. The number of hydrogen-bond acceptors (Lipinski definition) is 5. The van der Waals surface area contributed by atoms with Gasteiger partial charge in [0.15, 0.2) is 0 Å². The van der Waals surface area contributed by atoms with Crippen LogP contribution in [0.1, 0.15) is 6.42 Å². The number of amides is 1. The molecule has 2 N–H and O–H groups in total. The van der Waals surface area contributed by atoms with Crippen molar-refractivity contribution in [2.24, 2.45) is 0 Å². The summed E-state index contributed by atoms with van der Waals surface area (Å²) in [6.45, 7) is 2.56. The molecule has 90 valence electrons. The fourth-order valence-electron chi connectivity index (χ4n) is 2.29. The molecule has 16 heavy (non-hydrogen) atoms. The number of ether oxygens (including phenoxy) is 1. The third kappa shape index (κ3) is 2.03. The first-order valence-electron chi connectivity index (χ1n) is 5.58. The lowest BCUT2D eigenvalue weighted by molar-refractivity contribution is -0.144. The number of nitrogens with one attached hydrogen (secondary N) is 2. The molecular formula is C10H17N3O3. The average molecular weight is 227 g/mol. The molecule has 1 amide bonds. The van der Waals surface area contributed by atoms with Crippen molar-refractivity contribution in [3.8, 4) is 0 Å². The largest absolute Gasteiger partial charge is 0.464 e. The topological polar surface area (TPSA) is 70.7 Å².